The van der Waals surface area contributed by atoms with E-state index in [2.05, 4.69) is 15.0 Å². The summed E-state index contributed by atoms with van der Waals surface area (Å²) in [6.45, 7) is 0. The normalized spacial score (nSPS) is 10.5. The number of fused-ring (bicyclic) bond motifs is 1. The molecule has 19 heavy (non-hydrogen) atoms. The summed E-state index contributed by atoms with van der Waals surface area (Å²) in [5.74, 6) is -0.0508. The largest absolute Gasteiger partial charge is 0.292 e. The number of Topliss-reactive ketones (excluding diaryl/α,β-unsaturated/α-hetero) is 1. The molecule has 0 amide bonds. The first kappa shape index (κ1) is 11.5. The molecule has 0 atom stereocenters. The van der Waals surface area contributed by atoms with E-state index in [-0.39, 0.29) is 12.2 Å². The fraction of sp³-hybridized carbons (Fsp3) is 0.0667. The number of para-hydroxylation sites is 1. The van der Waals surface area contributed by atoms with Crippen LogP contribution >= 0.6 is 0 Å². The molecule has 2 heterocycles. The van der Waals surface area contributed by atoms with Crippen molar-refractivity contribution in [2.24, 2.45) is 0 Å². The van der Waals surface area contributed by atoms with Crippen LogP contribution in [0.15, 0.2) is 55.0 Å². The Balaban J connectivity index is 1.87. The summed E-state index contributed by atoms with van der Waals surface area (Å²) in [6.07, 6.45) is 3.19. The van der Waals surface area contributed by atoms with Gasteiger partial charge in [0, 0.05) is 17.3 Å². The predicted molar refractivity (Wildman–Crippen MR) is 71.8 cm³/mol. The van der Waals surface area contributed by atoms with Crippen molar-refractivity contribution in [2.45, 2.75) is 6.42 Å². The zero-order chi connectivity index (χ0) is 13.1. The van der Waals surface area contributed by atoms with Crippen LogP contribution in [-0.2, 0) is 6.42 Å². The van der Waals surface area contributed by atoms with E-state index >= 15 is 0 Å². The first-order valence-corrected chi connectivity index (χ1v) is 5.97. The second kappa shape index (κ2) is 4.94. The second-order valence-electron chi connectivity index (χ2n) is 4.19. The highest BCUT2D eigenvalue weighted by Crippen LogP contribution is 2.12. The maximum atomic E-state index is 12.0. The standard InChI is InChI=1S/C15H11N3O/c19-15(14-7-8-16-10-17-14)9-12-6-5-11-3-1-2-4-13(11)18-12/h1-8,10H,9H2. The number of nitrogens with zero attached hydrogens (tertiary/aromatic N) is 3. The second-order valence-corrected chi connectivity index (χ2v) is 4.19. The van der Waals surface area contributed by atoms with Gasteiger partial charge in [0.15, 0.2) is 5.78 Å². The van der Waals surface area contributed by atoms with Crippen molar-refractivity contribution < 1.29 is 4.79 Å². The van der Waals surface area contributed by atoms with Gasteiger partial charge in [0.25, 0.3) is 0 Å². The summed E-state index contributed by atoms with van der Waals surface area (Å²) >= 11 is 0. The Kier molecular flexibility index (Phi) is 2.98. The van der Waals surface area contributed by atoms with E-state index in [1.54, 1.807) is 12.3 Å². The van der Waals surface area contributed by atoms with Crippen LogP contribution < -0.4 is 0 Å². The average molecular weight is 249 g/mol. The first-order valence-electron chi connectivity index (χ1n) is 5.97. The molecule has 0 aliphatic heterocycles. The molecule has 4 heteroatoms. The lowest BCUT2D eigenvalue weighted by atomic mass is 10.1. The molecule has 0 spiro atoms. The van der Waals surface area contributed by atoms with Gasteiger partial charge in [-0.15, -0.1) is 0 Å². The Hall–Kier alpha value is -2.62. The highest BCUT2D eigenvalue weighted by atomic mass is 16.1. The van der Waals surface area contributed by atoms with Gasteiger partial charge >= 0.3 is 0 Å². The van der Waals surface area contributed by atoms with Crippen molar-refractivity contribution in [3.63, 3.8) is 0 Å². The lowest BCUT2D eigenvalue weighted by Crippen LogP contribution is -2.07. The molecule has 0 saturated carbocycles. The molecular weight excluding hydrogens is 238 g/mol. The number of rotatable bonds is 3. The number of benzene rings is 1. The van der Waals surface area contributed by atoms with Crippen LogP contribution in [0.5, 0.6) is 0 Å². The van der Waals surface area contributed by atoms with Crippen molar-refractivity contribution in [3.05, 3.63) is 66.4 Å². The van der Waals surface area contributed by atoms with Crippen LogP contribution in [0.1, 0.15) is 16.2 Å². The van der Waals surface area contributed by atoms with E-state index in [0.717, 1.165) is 16.6 Å². The van der Waals surface area contributed by atoms with Crippen LogP contribution in [0.2, 0.25) is 0 Å². The molecule has 0 bridgehead atoms. The summed E-state index contributed by atoms with van der Waals surface area (Å²) in [7, 11) is 0. The SMILES string of the molecule is O=C(Cc1ccc2ccccc2n1)c1ccncn1. The third-order valence-corrected chi connectivity index (χ3v) is 2.87. The number of carbonyl (C=O) groups excluding carboxylic acids is 1. The Morgan fingerprint density at radius 3 is 2.79 bits per heavy atom. The highest BCUT2D eigenvalue weighted by Gasteiger charge is 2.09. The molecule has 0 radical (unpaired) electrons. The predicted octanol–water partition coefficient (Wildman–Crippen LogP) is 2.45. The Morgan fingerprint density at radius 2 is 1.95 bits per heavy atom. The van der Waals surface area contributed by atoms with E-state index in [1.807, 2.05) is 36.4 Å². The molecule has 0 N–H and O–H groups in total. The van der Waals surface area contributed by atoms with Gasteiger partial charge in [-0.25, -0.2) is 9.97 Å². The zero-order valence-electron chi connectivity index (χ0n) is 10.2. The van der Waals surface area contributed by atoms with Crippen molar-refractivity contribution in [3.8, 4) is 0 Å². The fourth-order valence-electron chi connectivity index (χ4n) is 1.92. The van der Waals surface area contributed by atoms with Crippen LogP contribution in [0.25, 0.3) is 10.9 Å². The molecule has 0 unspecified atom stereocenters. The minimum absolute atomic E-state index is 0.0508. The van der Waals surface area contributed by atoms with Crippen LogP contribution in [0, 0.1) is 0 Å². The smallest absolute Gasteiger partial charge is 0.187 e. The van der Waals surface area contributed by atoms with Crippen molar-refractivity contribution in [1.29, 1.82) is 0 Å². The number of hydrogen-bond donors (Lipinski definition) is 0. The maximum Gasteiger partial charge on any atom is 0.187 e. The monoisotopic (exact) mass is 249 g/mol. The summed E-state index contributed by atoms with van der Waals surface area (Å²) in [4.78, 5) is 24.2. The Morgan fingerprint density at radius 1 is 1.05 bits per heavy atom. The van der Waals surface area contributed by atoms with Gasteiger partial charge in [0.1, 0.15) is 12.0 Å². The summed E-state index contributed by atoms with van der Waals surface area (Å²) in [5, 5.41) is 1.07. The van der Waals surface area contributed by atoms with Gasteiger partial charge in [0.2, 0.25) is 0 Å². The molecule has 0 aliphatic rings. The lowest BCUT2D eigenvalue weighted by molar-refractivity contribution is 0.0987. The van der Waals surface area contributed by atoms with E-state index in [4.69, 9.17) is 0 Å². The Bertz CT molecular complexity index is 726. The minimum atomic E-state index is -0.0508. The molecule has 2 aromatic heterocycles. The van der Waals surface area contributed by atoms with Crippen molar-refractivity contribution >= 4 is 16.7 Å². The first-order chi connectivity index (χ1) is 9.33. The van der Waals surface area contributed by atoms with Gasteiger partial charge in [-0.2, -0.15) is 0 Å². The van der Waals surface area contributed by atoms with Gasteiger partial charge in [-0.05, 0) is 18.2 Å². The molecular formula is C15H11N3O. The quantitative estimate of drug-likeness (QED) is 0.669. The lowest BCUT2D eigenvalue weighted by Gasteiger charge is -2.02. The average Bonchev–Trinajstić information content (AvgIpc) is 2.48. The number of pyridine rings is 1. The van der Waals surface area contributed by atoms with E-state index in [0.29, 0.717) is 5.69 Å². The van der Waals surface area contributed by atoms with Crippen LogP contribution in [0.3, 0.4) is 0 Å². The molecule has 3 aromatic rings. The fourth-order valence-corrected chi connectivity index (χ4v) is 1.92. The highest BCUT2D eigenvalue weighted by molar-refractivity contribution is 5.95. The summed E-state index contributed by atoms with van der Waals surface area (Å²) < 4.78 is 0. The molecule has 0 aliphatic carbocycles. The summed E-state index contributed by atoms with van der Waals surface area (Å²) in [6, 6.07) is 13.3. The van der Waals surface area contributed by atoms with E-state index in [9.17, 15) is 4.79 Å². The van der Waals surface area contributed by atoms with Crippen molar-refractivity contribution in [2.75, 3.05) is 0 Å². The van der Waals surface area contributed by atoms with Crippen LogP contribution in [-0.4, -0.2) is 20.7 Å². The minimum Gasteiger partial charge on any atom is -0.292 e. The molecule has 0 saturated heterocycles. The maximum absolute atomic E-state index is 12.0. The van der Waals surface area contributed by atoms with E-state index in [1.165, 1.54) is 6.33 Å². The van der Waals surface area contributed by atoms with Crippen molar-refractivity contribution in [1.82, 2.24) is 15.0 Å². The van der Waals surface area contributed by atoms with Gasteiger partial charge < -0.3 is 0 Å². The third kappa shape index (κ3) is 2.47. The third-order valence-electron chi connectivity index (χ3n) is 2.87. The summed E-state index contributed by atoms with van der Waals surface area (Å²) in [5.41, 5.74) is 2.07. The molecule has 0 fully saturated rings. The topological polar surface area (TPSA) is 55.7 Å². The molecule has 92 valence electrons. The van der Waals surface area contributed by atoms with Crippen LogP contribution in [0.4, 0.5) is 0 Å². The number of carbonyl (C=O) groups is 1. The number of aromatic nitrogens is 3. The molecule has 1 aromatic carbocycles. The van der Waals surface area contributed by atoms with Gasteiger partial charge in [-0.1, -0.05) is 24.3 Å². The van der Waals surface area contributed by atoms with Gasteiger partial charge in [0.05, 0.1) is 11.9 Å². The molecule has 4 nitrogen and oxygen atoms in total. The Labute approximate surface area is 110 Å². The zero-order valence-corrected chi connectivity index (χ0v) is 10.2. The number of hydrogen-bond acceptors (Lipinski definition) is 4. The van der Waals surface area contributed by atoms with E-state index < -0.39 is 0 Å². The van der Waals surface area contributed by atoms with Gasteiger partial charge in [-0.3, -0.25) is 9.78 Å². The number of ketones is 1. The molecule has 3 rings (SSSR count).